The Kier molecular flexibility index (Phi) is 3.47. The molecule has 0 saturated carbocycles. The Hall–Kier alpha value is -1.66. The Morgan fingerprint density at radius 1 is 1.58 bits per heavy atom. The molecule has 0 bridgehead atoms. The average Bonchev–Trinajstić information content (AvgIpc) is 2.34. The number of nitrogens with zero attached hydrogens (tertiary/aromatic N) is 1. The molecule has 0 aliphatic carbocycles. The number of nitrogens with two attached hydrogens (primary N) is 1. The van der Waals surface area contributed by atoms with Gasteiger partial charge in [-0.1, -0.05) is 6.92 Å². The zero-order valence-electron chi connectivity index (χ0n) is 11.2. The van der Waals surface area contributed by atoms with Crippen molar-refractivity contribution in [2.24, 2.45) is 16.6 Å². The van der Waals surface area contributed by atoms with Crippen LogP contribution < -0.4 is 10.8 Å². The van der Waals surface area contributed by atoms with Crippen molar-refractivity contribution in [3.05, 3.63) is 34.8 Å². The predicted molar refractivity (Wildman–Crippen MR) is 70.4 cm³/mol. The van der Waals surface area contributed by atoms with Crippen LogP contribution in [0.3, 0.4) is 0 Å². The van der Waals surface area contributed by atoms with Crippen LogP contribution in [0.2, 0.25) is 0 Å². The quantitative estimate of drug-likeness (QED) is 0.773. The van der Waals surface area contributed by atoms with Gasteiger partial charge in [-0.25, -0.2) is 9.38 Å². The minimum absolute atomic E-state index is 0.0449. The van der Waals surface area contributed by atoms with E-state index < -0.39 is 11.4 Å². The average molecular weight is 267 g/mol. The molecule has 0 fully saturated rings. The fourth-order valence-corrected chi connectivity index (χ4v) is 2.20. The number of nitrogens with one attached hydrogen (secondary N) is 1. The molecule has 19 heavy (non-hydrogen) atoms. The van der Waals surface area contributed by atoms with Crippen molar-refractivity contribution in [1.82, 2.24) is 0 Å². The standard InChI is InChI=1S/C13H18FN3O2/c1-8-7-19-12(15)16-13(8,2)10-6-9(17(3)18)4-5-11(10)14/h4-6,8,17H,7H2,1-3H3,(H2,15,16)/t8-,13+/m1/s1. The monoisotopic (exact) mass is 267 g/mol. The first kappa shape index (κ1) is 13.8. The van der Waals surface area contributed by atoms with Gasteiger partial charge in [0.15, 0.2) is 0 Å². The van der Waals surface area contributed by atoms with E-state index in [1.165, 1.54) is 19.2 Å². The Bertz CT molecular complexity index is 519. The maximum absolute atomic E-state index is 14.1. The van der Waals surface area contributed by atoms with Gasteiger partial charge < -0.3 is 20.7 Å². The van der Waals surface area contributed by atoms with Crippen LogP contribution in [-0.4, -0.2) is 19.7 Å². The number of benzene rings is 1. The van der Waals surface area contributed by atoms with Gasteiger partial charge in [0.25, 0.3) is 6.02 Å². The molecule has 0 spiro atoms. The van der Waals surface area contributed by atoms with E-state index in [-0.39, 0.29) is 17.0 Å². The second-order valence-corrected chi connectivity index (χ2v) is 5.06. The lowest BCUT2D eigenvalue weighted by atomic mass is 9.80. The fourth-order valence-electron chi connectivity index (χ4n) is 2.20. The summed E-state index contributed by atoms with van der Waals surface area (Å²) in [7, 11) is 1.45. The van der Waals surface area contributed by atoms with Crippen LogP contribution in [-0.2, 0) is 10.3 Å². The molecule has 1 heterocycles. The van der Waals surface area contributed by atoms with Crippen LogP contribution in [0.5, 0.6) is 0 Å². The highest BCUT2D eigenvalue weighted by Gasteiger charge is 2.39. The van der Waals surface area contributed by atoms with Crippen molar-refractivity contribution in [3.8, 4) is 0 Å². The molecule has 1 unspecified atom stereocenters. The summed E-state index contributed by atoms with van der Waals surface area (Å²) in [6.45, 7) is 4.08. The van der Waals surface area contributed by atoms with Crippen LogP contribution in [0, 0.1) is 16.9 Å². The molecule has 1 aromatic rings. The second kappa shape index (κ2) is 4.79. The second-order valence-electron chi connectivity index (χ2n) is 5.06. The predicted octanol–water partition coefficient (Wildman–Crippen LogP) is 0.666. The van der Waals surface area contributed by atoms with Crippen LogP contribution >= 0.6 is 0 Å². The van der Waals surface area contributed by atoms with E-state index in [1.807, 2.05) is 6.92 Å². The minimum atomic E-state index is -0.822. The van der Waals surface area contributed by atoms with Crippen molar-refractivity contribution in [2.45, 2.75) is 19.4 Å². The van der Waals surface area contributed by atoms with E-state index in [9.17, 15) is 9.60 Å². The van der Waals surface area contributed by atoms with Gasteiger partial charge in [0.1, 0.15) is 11.5 Å². The number of halogens is 1. The van der Waals surface area contributed by atoms with Crippen LogP contribution in [0.4, 0.5) is 10.1 Å². The van der Waals surface area contributed by atoms with Crippen LogP contribution in [0.1, 0.15) is 19.4 Å². The van der Waals surface area contributed by atoms with Crippen molar-refractivity contribution in [1.29, 1.82) is 0 Å². The number of ether oxygens (including phenoxy) is 1. The molecule has 0 radical (unpaired) electrons. The number of amidine groups is 1. The molecule has 6 heteroatoms. The number of hydroxylamine groups is 1. The normalized spacial score (nSPS) is 28.5. The van der Waals surface area contributed by atoms with Gasteiger partial charge in [-0.2, -0.15) is 0 Å². The van der Waals surface area contributed by atoms with E-state index in [0.717, 1.165) is 0 Å². The van der Waals surface area contributed by atoms with Gasteiger partial charge in [0.05, 0.1) is 19.2 Å². The first-order chi connectivity index (χ1) is 8.84. The molecule has 0 saturated heterocycles. The summed E-state index contributed by atoms with van der Waals surface area (Å²) in [6, 6.07) is 4.37. The lowest BCUT2D eigenvalue weighted by Gasteiger charge is -2.36. The summed E-state index contributed by atoms with van der Waals surface area (Å²) < 4.78 is 19.3. The van der Waals surface area contributed by atoms with E-state index in [4.69, 9.17) is 10.5 Å². The summed E-state index contributed by atoms with van der Waals surface area (Å²) in [5, 5.41) is 11.3. The number of hydrogen-bond donors (Lipinski definition) is 2. The molecule has 1 aromatic carbocycles. The Morgan fingerprint density at radius 3 is 2.89 bits per heavy atom. The van der Waals surface area contributed by atoms with E-state index in [2.05, 4.69) is 4.99 Å². The van der Waals surface area contributed by atoms with Crippen molar-refractivity contribution in [2.75, 3.05) is 13.7 Å². The van der Waals surface area contributed by atoms with Crippen LogP contribution in [0.15, 0.2) is 23.2 Å². The summed E-state index contributed by atoms with van der Waals surface area (Å²) in [4.78, 5) is 4.25. The first-order valence-corrected chi connectivity index (χ1v) is 6.13. The van der Waals surface area contributed by atoms with Gasteiger partial charge >= 0.3 is 0 Å². The summed E-state index contributed by atoms with van der Waals surface area (Å²) in [6.07, 6.45) is 0. The number of rotatable bonds is 2. The van der Waals surface area contributed by atoms with E-state index in [1.54, 1.807) is 13.0 Å². The van der Waals surface area contributed by atoms with E-state index in [0.29, 0.717) is 17.9 Å². The zero-order chi connectivity index (χ0) is 14.2. The largest absolute Gasteiger partial charge is 0.629 e. The zero-order valence-corrected chi connectivity index (χ0v) is 11.2. The first-order valence-electron chi connectivity index (χ1n) is 6.13. The third-order valence-electron chi connectivity index (χ3n) is 3.70. The SMILES string of the molecule is C[C@@H]1COC(N)=N[C@]1(C)c1cc([NH+](C)[O-])ccc1F. The Balaban J connectivity index is 2.56. The highest BCUT2D eigenvalue weighted by atomic mass is 19.1. The van der Waals surface area contributed by atoms with Crippen molar-refractivity contribution >= 4 is 11.7 Å². The summed E-state index contributed by atoms with van der Waals surface area (Å²) in [5.41, 5.74) is 5.61. The number of aliphatic imine (C=N–C) groups is 1. The molecule has 1 aliphatic heterocycles. The number of hydrogen-bond acceptors (Lipinski definition) is 4. The van der Waals surface area contributed by atoms with Crippen molar-refractivity contribution in [3.63, 3.8) is 0 Å². The fraction of sp³-hybridized carbons (Fsp3) is 0.462. The molecule has 104 valence electrons. The van der Waals surface area contributed by atoms with Crippen molar-refractivity contribution < 1.29 is 14.2 Å². The van der Waals surface area contributed by atoms with Gasteiger partial charge in [-0.3, -0.25) is 0 Å². The molecular weight excluding hydrogens is 249 g/mol. The maximum atomic E-state index is 14.1. The highest BCUT2D eigenvalue weighted by Crippen LogP contribution is 2.38. The molecule has 0 amide bonds. The third-order valence-corrected chi connectivity index (χ3v) is 3.70. The van der Waals surface area contributed by atoms with Gasteiger partial charge in [0.2, 0.25) is 0 Å². The van der Waals surface area contributed by atoms with Crippen LogP contribution in [0.25, 0.3) is 0 Å². The maximum Gasteiger partial charge on any atom is 0.282 e. The van der Waals surface area contributed by atoms with E-state index >= 15 is 0 Å². The van der Waals surface area contributed by atoms with Gasteiger partial charge in [-0.05, 0) is 13.0 Å². The lowest BCUT2D eigenvalue weighted by Crippen LogP contribution is -2.98. The Labute approximate surface area is 111 Å². The summed E-state index contributed by atoms with van der Waals surface area (Å²) in [5.74, 6) is -0.436. The highest BCUT2D eigenvalue weighted by molar-refractivity contribution is 5.73. The lowest BCUT2D eigenvalue weighted by molar-refractivity contribution is -0.751. The molecule has 1 aliphatic rings. The molecule has 3 N–H and O–H groups in total. The minimum Gasteiger partial charge on any atom is -0.629 e. The molecule has 2 rings (SSSR count). The molecular formula is C13H18FN3O2. The van der Waals surface area contributed by atoms with Gasteiger partial charge in [-0.15, -0.1) is 0 Å². The molecule has 5 nitrogen and oxygen atoms in total. The van der Waals surface area contributed by atoms with Gasteiger partial charge in [0, 0.05) is 23.6 Å². The summed E-state index contributed by atoms with van der Waals surface area (Å²) >= 11 is 0. The number of quaternary nitrogens is 1. The molecule has 3 atom stereocenters. The third kappa shape index (κ3) is 2.41. The topological polar surface area (TPSA) is 75.1 Å². The molecule has 0 aromatic heterocycles. The Morgan fingerprint density at radius 2 is 2.26 bits per heavy atom. The smallest absolute Gasteiger partial charge is 0.282 e.